The smallest absolute Gasteiger partial charge is 0.250 e. The molecule has 1 heterocycles. The van der Waals surface area contributed by atoms with E-state index in [1.54, 1.807) is 24.3 Å². The number of hydrogen-bond acceptors (Lipinski definition) is 5. The molecular weight excluding hydrogens is 441 g/mol. The van der Waals surface area contributed by atoms with Crippen molar-refractivity contribution in [1.82, 2.24) is 16.2 Å². The number of hydrogen-bond donors (Lipinski definition) is 3. The Hall–Kier alpha value is -2.13. The summed E-state index contributed by atoms with van der Waals surface area (Å²) in [5.74, 6) is -0.186. The maximum absolute atomic E-state index is 11.8. The summed E-state index contributed by atoms with van der Waals surface area (Å²) in [6.07, 6.45) is 3.71. The van der Waals surface area contributed by atoms with Gasteiger partial charge in [0.15, 0.2) is 5.11 Å². The number of thiocarbonyl (C=S) groups is 1. The number of thiophene rings is 1. The van der Waals surface area contributed by atoms with E-state index in [2.05, 4.69) is 16.2 Å². The van der Waals surface area contributed by atoms with E-state index in [9.17, 15) is 9.59 Å². The fraction of sp³-hybridized carbons (Fsp3) is 0.167. The van der Waals surface area contributed by atoms with Crippen LogP contribution in [-0.2, 0) is 9.59 Å². The molecule has 0 unspecified atom stereocenters. The largest absolute Gasteiger partial charge is 0.492 e. The Morgan fingerprint density at radius 2 is 2.04 bits per heavy atom. The van der Waals surface area contributed by atoms with Gasteiger partial charge in [0, 0.05) is 22.4 Å². The molecule has 2 amide bonds. The molecule has 0 saturated heterocycles. The van der Waals surface area contributed by atoms with Crippen LogP contribution in [-0.4, -0.2) is 23.5 Å². The minimum Gasteiger partial charge on any atom is -0.492 e. The number of rotatable bonds is 7. The number of benzene rings is 1. The van der Waals surface area contributed by atoms with E-state index in [1.165, 1.54) is 17.4 Å². The van der Waals surface area contributed by atoms with Crippen LogP contribution < -0.4 is 20.9 Å². The van der Waals surface area contributed by atoms with E-state index in [-0.39, 0.29) is 17.4 Å². The molecule has 2 aromatic rings. The second kappa shape index (κ2) is 11.7. The van der Waals surface area contributed by atoms with Crippen molar-refractivity contribution in [2.75, 3.05) is 6.61 Å². The maximum Gasteiger partial charge on any atom is 0.250 e. The average Bonchev–Trinajstić information content (AvgIpc) is 3.17. The third-order valence-electron chi connectivity index (χ3n) is 3.19. The molecule has 1 aromatic heterocycles. The van der Waals surface area contributed by atoms with E-state index < -0.39 is 5.91 Å². The summed E-state index contributed by atoms with van der Waals surface area (Å²) in [4.78, 5) is 24.4. The molecule has 148 valence electrons. The van der Waals surface area contributed by atoms with Crippen molar-refractivity contribution in [3.63, 3.8) is 0 Å². The van der Waals surface area contributed by atoms with Crippen molar-refractivity contribution in [3.8, 4) is 5.75 Å². The Balaban J connectivity index is 1.59. The summed E-state index contributed by atoms with van der Waals surface area (Å²) in [7, 11) is 0. The van der Waals surface area contributed by atoms with Gasteiger partial charge in [-0.15, -0.1) is 11.3 Å². The molecule has 6 nitrogen and oxygen atoms in total. The first kappa shape index (κ1) is 22.2. The molecule has 0 aliphatic carbocycles. The second-order valence-corrected chi connectivity index (χ2v) is 7.60. The molecule has 1 aromatic carbocycles. The Labute approximate surface area is 181 Å². The van der Waals surface area contributed by atoms with Gasteiger partial charge in [0.05, 0.1) is 11.6 Å². The zero-order valence-electron chi connectivity index (χ0n) is 14.5. The molecule has 0 bridgehead atoms. The lowest BCUT2D eigenvalue weighted by Gasteiger charge is -2.10. The van der Waals surface area contributed by atoms with Gasteiger partial charge in [0.2, 0.25) is 11.8 Å². The van der Waals surface area contributed by atoms with E-state index >= 15 is 0 Å². The molecule has 2 rings (SSSR count). The van der Waals surface area contributed by atoms with E-state index in [0.29, 0.717) is 28.8 Å². The molecule has 3 N–H and O–H groups in total. The minimum absolute atomic E-state index is 0.00150. The van der Waals surface area contributed by atoms with Crippen LogP contribution in [0, 0.1) is 0 Å². The molecule has 0 spiro atoms. The topological polar surface area (TPSA) is 79.5 Å². The van der Waals surface area contributed by atoms with Gasteiger partial charge in [0.1, 0.15) is 5.75 Å². The van der Waals surface area contributed by atoms with Crippen molar-refractivity contribution >= 4 is 69.8 Å². The zero-order chi connectivity index (χ0) is 20.4. The Kier molecular flexibility index (Phi) is 9.22. The molecule has 28 heavy (non-hydrogen) atoms. The highest BCUT2D eigenvalue weighted by atomic mass is 35.5. The van der Waals surface area contributed by atoms with E-state index in [0.717, 1.165) is 4.88 Å². The van der Waals surface area contributed by atoms with Gasteiger partial charge in [-0.05, 0) is 54.4 Å². The van der Waals surface area contributed by atoms with Gasteiger partial charge in [-0.3, -0.25) is 25.8 Å². The summed E-state index contributed by atoms with van der Waals surface area (Å²) < 4.78 is 5.50. The Bertz CT molecular complexity index is 858. The average molecular weight is 458 g/mol. The lowest BCUT2D eigenvalue weighted by Crippen LogP contribution is -2.48. The quantitative estimate of drug-likeness (QED) is 0.254. The molecule has 0 saturated carbocycles. The molecule has 0 fully saturated rings. The van der Waals surface area contributed by atoms with Gasteiger partial charge in [-0.2, -0.15) is 0 Å². The first-order valence-electron chi connectivity index (χ1n) is 8.13. The first-order valence-corrected chi connectivity index (χ1v) is 10.2. The normalized spacial score (nSPS) is 10.5. The van der Waals surface area contributed by atoms with Gasteiger partial charge in [0.25, 0.3) is 0 Å². The predicted octanol–water partition coefficient (Wildman–Crippen LogP) is 3.95. The molecule has 0 radical (unpaired) electrons. The fourth-order valence-corrected chi connectivity index (χ4v) is 3.16. The van der Waals surface area contributed by atoms with Crippen LogP contribution in [0.5, 0.6) is 5.75 Å². The lowest BCUT2D eigenvalue weighted by atomic mass is 10.3. The molecule has 10 heteroatoms. The zero-order valence-corrected chi connectivity index (χ0v) is 17.7. The highest BCUT2D eigenvalue weighted by Gasteiger charge is 2.06. The maximum atomic E-state index is 11.8. The van der Waals surface area contributed by atoms with Crippen molar-refractivity contribution in [2.24, 2.45) is 0 Å². The number of carbonyl (C=O) groups is 2. The summed E-state index contributed by atoms with van der Waals surface area (Å²) in [6, 6.07) is 8.69. The third kappa shape index (κ3) is 8.26. The highest BCUT2D eigenvalue weighted by Crippen LogP contribution is 2.27. The van der Waals surface area contributed by atoms with Crippen LogP contribution >= 0.6 is 46.8 Å². The molecule has 0 aliphatic rings. The Morgan fingerprint density at radius 1 is 1.21 bits per heavy atom. The predicted molar refractivity (Wildman–Crippen MR) is 117 cm³/mol. The van der Waals surface area contributed by atoms with Crippen molar-refractivity contribution in [3.05, 3.63) is 56.7 Å². The SMILES string of the molecule is O=C(/C=C/c1cccs1)NC(=S)NNC(=O)CCCOc1ccc(Cl)cc1Cl. The molecule has 0 aliphatic heterocycles. The number of hydrazine groups is 1. The van der Waals surface area contributed by atoms with Crippen LogP contribution in [0.2, 0.25) is 10.0 Å². The van der Waals surface area contributed by atoms with Gasteiger partial charge >= 0.3 is 0 Å². The number of ether oxygens (including phenoxy) is 1. The number of carbonyl (C=O) groups excluding carboxylic acids is 2. The van der Waals surface area contributed by atoms with Crippen LogP contribution in [0.25, 0.3) is 6.08 Å². The standard InChI is InChI=1S/C18H17Cl2N3O3S2/c19-12-5-7-15(14(20)11-12)26-9-1-4-17(25)22-23-18(27)21-16(24)8-6-13-3-2-10-28-13/h2-3,5-8,10-11H,1,4,9H2,(H,22,25)(H2,21,23,24,27)/b8-6+. The van der Waals surface area contributed by atoms with Crippen molar-refractivity contribution in [1.29, 1.82) is 0 Å². The number of halogens is 2. The van der Waals surface area contributed by atoms with E-state index in [4.69, 9.17) is 40.2 Å². The van der Waals surface area contributed by atoms with Crippen molar-refractivity contribution in [2.45, 2.75) is 12.8 Å². The van der Waals surface area contributed by atoms with Gasteiger partial charge in [-0.1, -0.05) is 29.3 Å². The van der Waals surface area contributed by atoms with Crippen molar-refractivity contribution < 1.29 is 14.3 Å². The lowest BCUT2D eigenvalue weighted by molar-refractivity contribution is -0.122. The number of nitrogens with one attached hydrogen (secondary N) is 3. The second-order valence-electron chi connectivity index (χ2n) is 5.37. The van der Waals surface area contributed by atoms with E-state index in [1.807, 2.05) is 17.5 Å². The Morgan fingerprint density at radius 3 is 2.75 bits per heavy atom. The summed E-state index contributed by atoms with van der Waals surface area (Å²) >= 11 is 18.3. The number of amides is 2. The summed E-state index contributed by atoms with van der Waals surface area (Å²) in [5, 5.41) is 5.27. The van der Waals surface area contributed by atoms with Crippen LogP contribution in [0.4, 0.5) is 0 Å². The molecular formula is C18H17Cl2N3O3S2. The minimum atomic E-state index is -0.395. The monoisotopic (exact) mass is 457 g/mol. The van der Waals surface area contributed by atoms with Gasteiger partial charge < -0.3 is 4.74 Å². The fourth-order valence-electron chi connectivity index (χ4n) is 1.92. The highest BCUT2D eigenvalue weighted by molar-refractivity contribution is 7.80. The summed E-state index contributed by atoms with van der Waals surface area (Å²) in [6.45, 7) is 0.309. The van der Waals surface area contributed by atoms with Crippen LogP contribution in [0.15, 0.2) is 41.8 Å². The molecule has 0 atom stereocenters. The van der Waals surface area contributed by atoms with Crippen LogP contribution in [0.3, 0.4) is 0 Å². The third-order valence-corrected chi connectivity index (χ3v) is 4.77. The summed E-state index contributed by atoms with van der Waals surface area (Å²) in [5.41, 5.74) is 4.88. The first-order chi connectivity index (χ1) is 13.4. The van der Waals surface area contributed by atoms with Crippen LogP contribution in [0.1, 0.15) is 17.7 Å². The van der Waals surface area contributed by atoms with Gasteiger partial charge in [-0.25, -0.2) is 0 Å².